The van der Waals surface area contributed by atoms with Gasteiger partial charge in [-0.25, -0.2) is 9.97 Å². The number of thioether (sulfide) groups is 1. The van der Waals surface area contributed by atoms with Crippen molar-refractivity contribution in [2.75, 3.05) is 11.1 Å². The highest BCUT2D eigenvalue weighted by molar-refractivity contribution is 7.99. The molecule has 0 unspecified atom stereocenters. The normalized spacial score (nSPS) is 11.8. The first kappa shape index (κ1) is 28.5. The predicted molar refractivity (Wildman–Crippen MR) is 151 cm³/mol. The SMILES string of the molecule is CC(C)[C@@H](NC(=O)c1ccc(Cl)cc1Cl)c1nc(SCC(=O)Nc2nc(-c3cccc([N+](=O)[O-])c3)cs2)n[nH]1. The molecule has 0 aliphatic rings. The number of H-pyrrole nitrogens is 1. The fourth-order valence-electron chi connectivity index (χ4n) is 3.43. The van der Waals surface area contributed by atoms with E-state index < -0.39 is 11.0 Å². The lowest BCUT2D eigenvalue weighted by molar-refractivity contribution is -0.384. The maximum Gasteiger partial charge on any atom is 0.270 e. The van der Waals surface area contributed by atoms with Crippen LogP contribution in [-0.2, 0) is 4.79 Å². The molecule has 2 aromatic heterocycles. The van der Waals surface area contributed by atoms with Crippen LogP contribution in [-0.4, -0.2) is 42.7 Å². The van der Waals surface area contributed by atoms with Gasteiger partial charge in [0, 0.05) is 28.1 Å². The summed E-state index contributed by atoms with van der Waals surface area (Å²) in [7, 11) is 0. The summed E-state index contributed by atoms with van der Waals surface area (Å²) in [6.45, 7) is 3.85. The van der Waals surface area contributed by atoms with Crippen LogP contribution >= 0.6 is 46.3 Å². The molecular weight excluding hydrogens is 585 g/mol. The molecule has 202 valence electrons. The minimum Gasteiger partial charge on any atom is -0.342 e. The van der Waals surface area contributed by atoms with E-state index in [1.54, 1.807) is 29.6 Å². The summed E-state index contributed by atoms with van der Waals surface area (Å²) >= 11 is 14.4. The Kier molecular flexibility index (Phi) is 9.17. The molecule has 0 aliphatic heterocycles. The van der Waals surface area contributed by atoms with Crippen LogP contribution in [0.15, 0.2) is 53.0 Å². The van der Waals surface area contributed by atoms with Crippen LogP contribution < -0.4 is 10.6 Å². The molecule has 4 rings (SSSR count). The van der Waals surface area contributed by atoms with E-state index in [1.807, 2.05) is 13.8 Å². The number of amides is 2. The van der Waals surface area contributed by atoms with Gasteiger partial charge in [0.2, 0.25) is 11.1 Å². The Hall–Kier alpha value is -3.52. The van der Waals surface area contributed by atoms with Crippen molar-refractivity contribution < 1.29 is 14.5 Å². The molecule has 0 saturated heterocycles. The molecule has 2 amide bonds. The summed E-state index contributed by atoms with van der Waals surface area (Å²) in [4.78, 5) is 44.6. The molecule has 3 N–H and O–H groups in total. The molecule has 1 atom stereocenters. The maximum absolute atomic E-state index is 12.8. The Labute approximate surface area is 240 Å². The molecular formula is C24H21Cl2N7O4S2. The first-order chi connectivity index (χ1) is 18.6. The monoisotopic (exact) mass is 605 g/mol. The number of carbonyl (C=O) groups excluding carboxylic acids is 2. The number of aromatic nitrogens is 4. The minimum atomic E-state index is -0.484. The standard InChI is InChI=1S/C24H21Cl2N7O4S2/c1-12(2)20(29-22(35)16-7-6-14(25)9-17(16)26)21-30-24(32-31-21)39-11-19(34)28-23-27-18(10-38-23)13-4-3-5-15(8-13)33(36)37/h3-10,12,20H,11H2,1-2H3,(H,29,35)(H,27,28,34)(H,30,31,32)/t20-/m1/s1. The van der Waals surface area contributed by atoms with Gasteiger partial charge in [0.1, 0.15) is 5.82 Å². The zero-order valence-electron chi connectivity index (χ0n) is 20.5. The number of halogens is 2. The highest BCUT2D eigenvalue weighted by Gasteiger charge is 2.24. The van der Waals surface area contributed by atoms with Gasteiger partial charge in [-0.1, -0.05) is 60.9 Å². The number of hydrogen-bond donors (Lipinski definition) is 3. The molecule has 15 heteroatoms. The second-order valence-electron chi connectivity index (χ2n) is 8.50. The van der Waals surface area contributed by atoms with Gasteiger partial charge in [-0.05, 0) is 24.1 Å². The van der Waals surface area contributed by atoms with Crippen molar-refractivity contribution in [3.63, 3.8) is 0 Å². The number of nitro groups is 1. The van der Waals surface area contributed by atoms with Crippen molar-refractivity contribution in [1.29, 1.82) is 0 Å². The zero-order valence-corrected chi connectivity index (χ0v) is 23.6. The molecule has 4 aromatic rings. The van der Waals surface area contributed by atoms with Crippen molar-refractivity contribution in [3.8, 4) is 11.3 Å². The van der Waals surface area contributed by atoms with Gasteiger partial charge in [0.15, 0.2) is 5.13 Å². The van der Waals surface area contributed by atoms with Gasteiger partial charge in [0.05, 0.1) is 33.0 Å². The van der Waals surface area contributed by atoms with Gasteiger partial charge in [-0.2, -0.15) is 0 Å². The number of nitrogens with zero attached hydrogens (tertiary/aromatic N) is 4. The summed E-state index contributed by atoms with van der Waals surface area (Å²) in [5.41, 5.74) is 1.34. The molecule has 39 heavy (non-hydrogen) atoms. The number of thiazole rings is 1. The molecule has 0 saturated carbocycles. The molecule has 0 bridgehead atoms. The summed E-state index contributed by atoms with van der Waals surface area (Å²) in [5.74, 6) is -0.278. The van der Waals surface area contributed by atoms with E-state index in [1.165, 1.54) is 29.5 Å². The van der Waals surface area contributed by atoms with E-state index in [0.717, 1.165) is 11.8 Å². The second kappa shape index (κ2) is 12.6. The number of non-ortho nitro benzene ring substituents is 1. The van der Waals surface area contributed by atoms with Gasteiger partial charge in [-0.15, -0.1) is 16.4 Å². The van der Waals surface area contributed by atoms with Gasteiger partial charge in [0.25, 0.3) is 11.6 Å². The molecule has 0 spiro atoms. The minimum absolute atomic E-state index is 0.0160. The molecule has 0 aliphatic carbocycles. The van der Waals surface area contributed by atoms with Crippen molar-refractivity contribution >= 4 is 68.9 Å². The van der Waals surface area contributed by atoms with Crippen LogP contribution in [0.3, 0.4) is 0 Å². The lowest BCUT2D eigenvalue weighted by Crippen LogP contribution is -2.32. The Morgan fingerprint density at radius 3 is 2.69 bits per heavy atom. The Balaban J connectivity index is 1.34. The average molecular weight is 607 g/mol. The molecule has 0 radical (unpaired) electrons. The van der Waals surface area contributed by atoms with Gasteiger partial charge in [-0.3, -0.25) is 24.8 Å². The number of nitrogens with one attached hydrogen (secondary N) is 3. The third-order valence-electron chi connectivity index (χ3n) is 5.34. The molecule has 2 aromatic carbocycles. The van der Waals surface area contributed by atoms with Crippen LogP contribution in [0.2, 0.25) is 10.0 Å². The van der Waals surface area contributed by atoms with Crippen LogP contribution in [0.25, 0.3) is 11.3 Å². The summed E-state index contributed by atoms with van der Waals surface area (Å²) < 4.78 is 0. The van der Waals surface area contributed by atoms with E-state index >= 15 is 0 Å². The summed E-state index contributed by atoms with van der Waals surface area (Å²) in [5, 5.41) is 26.7. The maximum atomic E-state index is 12.8. The van der Waals surface area contributed by atoms with E-state index in [9.17, 15) is 19.7 Å². The van der Waals surface area contributed by atoms with Gasteiger partial charge >= 0.3 is 0 Å². The molecule has 11 nitrogen and oxygen atoms in total. The number of rotatable bonds is 10. The van der Waals surface area contributed by atoms with Crippen LogP contribution in [0.1, 0.15) is 36.1 Å². The fraction of sp³-hybridized carbons (Fsp3) is 0.208. The third-order valence-corrected chi connectivity index (χ3v) is 7.49. The number of hydrogen-bond acceptors (Lipinski definition) is 9. The third kappa shape index (κ3) is 7.32. The van der Waals surface area contributed by atoms with Gasteiger partial charge < -0.3 is 10.6 Å². The van der Waals surface area contributed by atoms with Crippen LogP contribution in [0.5, 0.6) is 0 Å². The van der Waals surface area contributed by atoms with E-state index in [2.05, 4.69) is 30.8 Å². The second-order valence-corrected chi connectivity index (χ2v) is 11.1. The predicted octanol–water partition coefficient (Wildman–Crippen LogP) is 6.00. The Bertz CT molecular complexity index is 1530. The first-order valence-corrected chi connectivity index (χ1v) is 14.0. The zero-order chi connectivity index (χ0) is 28.1. The quantitative estimate of drug-likeness (QED) is 0.113. The first-order valence-electron chi connectivity index (χ1n) is 11.4. The number of carbonyl (C=O) groups is 2. The van der Waals surface area contributed by atoms with Crippen LogP contribution in [0, 0.1) is 16.0 Å². The van der Waals surface area contributed by atoms with Crippen LogP contribution in [0.4, 0.5) is 10.8 Å². The van der Waals surface area contributed by atoms with Crippen molar-refractivity contribution in [3.05, 3.63) is 79.4 Å². The van der Waals surface area contributed by atoms with E-state index in [0.29, 0.717) is 32.4 Å². The average Bonchev–Trinajstić information content (AvgIpc) is 3.55. The fourth-order valence-corrected chi connectivity index (χ4v) is 5.27. The van der Waals surface area contributed by atoms with Crippen molar-refractivity contribution in [2.24, 2.45) is 5.92 Å². The highest BCUT2D eigenvalue weighted by Crippen LogP contribution is 2.28. The summed E-state index contributed by atoms with van der Waals surface area (Å²) in [6, 6.07) is 10.3. The number of aromatic amines is 1. The van der Waals surface area contributed by atoms with E-state index in [4.69, 9.17) is 23.2 Å². The number of anilines is 1. The van der Waals surface area contributed by atoms with E-state index in [-0.39, 0.29) is 39.8 Å². The topological polar surface area (TPSA) is 156 Å². The van der Waals surface area contributed by atoms with Crippen molar-refractivity contribution in [1.82, 2.24) is 25.5 Å². The number of benzene rings is 2. The number of nitro benzene ring substituents is 1. The molecule has 0 fully saturated rings. The summed E-state index contributed by atoms with van der Waals surface area (Å²) in [6.07, 6.45) is 0. The lowest BCUT2D eigenvalue weighted by atomic mass is 10.0. The Morgan fingerprint density at radius 1 is 1.18 bits per heavy atom. The smallest absolute Gasteiger partial charge is 0.270 e. The molecule has 2 heterocycles. The largest absolute Gasteiger partial charge is 0.342 e. The Morgan fingerprint density at radius 2 is 1.97 bits per heavy atom. The lowest BCUT2D eigenvalue weighted by Gasteiger charge is -2.20. The van der Waals surface area contributed by atoms with Crippen molar-refractivity contribution in [2.45, 2.75) is 25.0 Å². The highest BCUT2D eigenvalue weighted by atomic mass is 35.5.